The van der Waals surface area contributed by atoms with E-state index in [9.17, 15) is 0 Å². The van der Waals surface area contributed by atoms with Crippen LogP contribution in [0.1, 0.15) is 5.56 Å². The van der Waals surface area contributed by atoms with Gasteiger partial charge in [-0.3, -0.25) is 0 Å². The minimum Gasteiger partial charge on any atom is -0.497 e. The van der Waals surface area contributed by atoms with Crippen LogP contribution in [0.4, 0.5) is 5.88 Å². The second-order valence-corrected chi connectivity index (χ2v) is 7.90. The molecule has 0 radical (unpaired) electrons. The molecule has 1 heterocycles. The van der Waals surface area contributed by atoms with Crippen LogP contribution in [0.15, 0.2) is 98.8 Å². The number of fused-ring (bicyclic) bond motifs is 3. The smallest absolute Gasteiger partial charge is 0.227 e. The quantitative estimate of drug-likeness (QED) is 0.259. The van der Waals surface area contributed by atoms with E-state index >= 15 is 0 Å². The van der Waals surface area contributed by atoms with Crippen molar-refractivity contribution >= 4 is 49.8 Å². The molecule has 0 aliphatic rings. The number of rotatable bonds is 4. The Morgan fingerprint density at radius 3 is 2.40 bits per heavy atom. The van der Waals surface area contributed by atoms with Crippen LogP contribution in [-0.2, 0) is 0 Å². The molecule has 1 aromatic heterocycles. The third-order valence-corrected chi connectivity index (χ3v) is 5.67. The summed E-state index contributed by atoms with van der Waals surface area (Å²) in [4.78, 5) is 4.73. The highest BCUT2D eigenvalue weighted by Crippen LogP contribution is 2.43. The standard InChI is InChI=1S/C26H18BrNO2/c1-29-21-13-6-17(7-14-21)16-28-26-24(19-8-11-20(27)12-9-19)25-22-5-3-2-4-18(22)10-15-23(25)30-26/h2-16H,1H3/b28-16+. The summed E-state index contributed by atoms with van der Waals surface area (Å²) in [7, 11) is 1.66. The fourth-order valence-corrected chi connectivity index (χ4v) is 3.92. The van der Waals surface area contributed by atoms with Gasteiger partial charge >= 0.3 is 0 Å². The van der Waals surface area contributed by atoms with E-state index in [1.54, 1.807) is 7.11 Å². The number of halogens is 1. The topological polar surface area (TPSA) is 34.7 Å². The maximum Gasteiger partial charge on any atom is 0.227 e. The third kappa shape index (κ3) is 3.40. The number of hydrogen-bond donors (Lipinski definition) is 0. The van der Waals surface area contributed by atoms with Crippen LogP contribution in [0.2, 0.25) is 0 Å². The highest BCUT2D eigenvalue weighted by Gasteiger charge is 2.18. The molecule has 5 rings (SSSR count). The second-order valence-electron chi connectivity index (χ2n) is 6.98. The molecule has 0 aliphatic heterocycles. The zero-order valence-electron chi connectivity index (χ0n) is 16.3. The van der Waals surface area contributed by atoms with Crippen LogP contribution in [0.3, 0.4) is 0 Å². The fraction of sp³-hybridized carbons (Fsp3) is 0.0385. The lowest BCUT2D eigenvalue weighted by molar-refractivity contribution is 0.415. The van der Waals surface area contributed by atoms with Gasteiger partial charge in [0.05, 0.1) is 12.7 Å². The Hall–Kier alpha value is -3.37. The number of aliphatic imine (C=N–C) groups is 1. The Labute approximate surface area is 182 Å². The van der Waals surface area contributed by atoms with Crippen LogP contribution in [0.5, 0.6) is 5.75 Å². The van der Waals surface area contributed by atoms with Gasteiger partial charge < -0.3 is 9.15 Å². The molecule has 0 bridgehead atoms. The molecule has 0 saturated carbocycles. The van der Waals surface area contributed by atoms with E-state index in [-0.39, 0.29) is 0 Å². The molecule has 0 saturated heterocycles. The number of methoxy groups -OCH3 is 1. The highest BCUT2D eigenvalue weighted by atomic mass is 79.9. The first-order valence-corrected chi connectivity index (χ1v) is 10.4. The Kier molecular flexibility index (Phi) is 4.85. The summed E-state index contributed by atoms with van der Waals surface area (Å²) in [6.45, 7) is 0. The molecule has 0 spiro atoms. The van der Waals surface area contributed by atoms with Crippen LogP contribution in [0, 0.1) is 0 Å². The molecule has 0 fully saturated rings. The Morgan fingerprint density at radius 1 is 0.867 bits per heavy atom. The molecule has 30 heavy (non-hydrogen) atoms. The summed E-state index contributed by atoms with van der Waals surface area (Å²) in [6.07, 6.45) is 1.82. The number of nitrogens with zero attached hydrogens (tertiary/aromatic N) is 1. The van der Waals surface area contributed by atoms with Crippen molar-refractivity contribution in [2.75, 3.05) is 7.11 Å². The highest BCUT2D eigenvalue weighted by molar-refractivity contribution is 9.10. The Balaban J connectivity index is 1.72. The van der Waals surface area contributed by atoms with Crippen molar-refractivity contribution in [2.45, 2.75) is 0 Å². The molecule has 146 valence electrons. The van der Waals surface area contributed by atoms with Gasteiger partial charge in [0.2, 0.25) is 5.88 Å². The summed E-state index contributed by atoms with van der Waals surface area (Å²) >= 11 is 3.53. The van der Waals surface area contributed by atoms with E-state index in [1.807, 2.05) is 48.7 Å². The summed E-state index contributed by atoms with van der Waals surface area (Å²) in [5, 5.41) is 3.41. The van der Waals surface area contributed by atoms with Crippen molar-refractivity contribution < 1.29 is 9.15 Å². The number of hydrogen-bond acceptors (Lipinski definition) is 3. The molecule has 4 aromatic carbocycles. The first-order chi connectivity index (χ1) is 14.7. The van der Waals surface area contributed by atoms with Gasteiger partial charge in [-0.25, -0.2) is 4.99 Å². The molecule has 0 N–H and O–H groups in total. The van der Waals surface area contributed by atoms with Gasteiger partial charge in [0.1, 0.15) is 11.3 Å². The predicted molar refractivity (Wildman–Crippen MR) is 127 cm³/mol. The molecular formula is C26H18BrNO2. The van der Waals surface area contributed by atoms with E-state index in [4.69, 9.17) is 14.1 Å². The molecular weight excluding hydrogens is 438 g/mol. The SMILES string of the molecule is COc1ccc(/C=N/c2oc3ccc4ccccc4c3c2-c2ccc(Br)cc2)cc1. The first kappa shape index (κ1) is 18.6. The zero-order chi connectivity index (χ0) is 20.5. The van der Waals surface area contributed by atoms with E-state index in [1.165, 1.54) is 5.39 Å². The average Bonchev–Trinajstić information content (AvgIpc) is 3.17. The van der Waals surface area contributed by atoms with Crippen LogP contribution in [-0.4, -0.2) is 13.3 Å². The number of benzene rings is 4. The Bertz CT molecular complexity index is 1370. The molecule has 0 atom stereocenters. The lowest BCUT2D eigenvalue weighted by Crippen LogP contribution is -1.84. The second kappa shape index (κ2) is 7.81. The van der Waals surface area contributed by atoms with Gasteiger partial charge in [0.15, 0.2) is 0 Å². The van der Waals surface area contributed by atoms with Crippen molar-refractivity contribution in [3.05, 3.63) is 95.0 Å². The minimum atomic E-state index is 0.597. The maximum atomic E-state index is 6.22. The van der Waals surface area contributed by atoms with Crippen molar-refractivity contribution in [3.63, 3.8) is 0 Å². The van der Waals surface area contributed by atoms with E-state index in [0.29, 0.717) is 5.88 Å². The number of ether oxygens (including phenoxy) is 1. The predicted octanol–water partition coefficient (Wildman–Crippen LogP) is 7.77. The fourth-order valence-electron chi connectivity index (χ4n) is 3.65. The molecule has 0 amide bonds. The lowest BCUT2D eigenvalue weighted by atomic mass is 9.99. The van der Waals surface area contributed by atoms with Gasteiger partial charge in [-0.05, 0) is 64.4 Å². The zero-order valence-corrected chi connectivity index (χ0v) is 17.9. The lowest BCUT2D eigenvalue weighted by Gasteiger charge is -2.04. The van der Waals surface area contributed by atoms with Crippen molar-refractivity contribution in [3.8, 4) is 16.9 Å². The summed E-state index contributed by atoms with van der Waals surface area (Å²) in [5.74, 6) is 1.41. The van der Waals surface area contributed by atoms with Crippen LogP contribution < -0.4 is 4.74 Å². The molecule has 5 aromatic rings. The van der Waals surface area contributed by atoms with Crippen LogP contribution >= 0.6 is 15.9 Å². The average molecular weight is 456 g/mol. The van der Waals surface area contributed by atoms with Gasteiger partial charge in [0, 0.05) is 16.1 Å². The normalized spacial score (nSPS) is 11.5. The summed E-state index contributed by atoms with van der Waals surface area (Å²) < 4.78 is 12.5. The van der Waals surface area contributed by atoms with Gasteiger partial charge in [-0.15, -0.1) is 0 Å². The van der Waals surface area contributed by atoms with Crippen molar-refractivity contribution in [1.29, 1.82) is 0 Å². The van der Waals surface area contributed by atoms with Crippen molar-refractivity contribution in [2.24, 2.45) is 4.99 Å². The molecule has 3 nitrogen and oxygen atoms in total. The summed E-state index contributed by atoms with van der Waals surface area (Å²) in [6, 6.07) is 28.5. The monoisotopic (exact) mass is 455 g/mol. The van der Waals surface area contributed by atoms with Gasteiger partial charge in [-0.1, -0.05) is 58.4 Å². The molecule has 0 aliphatic carbocycles. The van der Waals surface area contributed by atoms with Gasteiger partial charge in [0.25, 0.3) is 0 Å². The molecule has 0 unspecified atom stereocenters. The largest absolute Gasteiger partial charge is 0.497 e. The Morgan fingerprint density at radius 2 is 1.63 bits per heavy atom. The van der Waals surface area contributed by atoms with E-state index in [2.05, 4.69) is 58.4 Å². The molecule has 4 heteroatoms. The number of furan rings is 1. The summed E-state index contributed by atoms with van der Waals surface area (Å²) in [5.41, 5.74) is 3.87. The van der Waals surface area contributed by atoms with Gasteiger partial charge in [-0.2, -0.15) is 0 Å². The van der Waals surface area contributed by atoms with E-state index < -0.39 is 0 Å². The first-order valence-electron chi connectivity index (χ1n) is 9.61. The van der Waals surface area contributed by atoms with Crippen LogP contribution in [0.25, 0.3) is 32.9 Å². The maximum absolute atomic E-state index is 6.22. The third-order valence-electron chi connectivity index (χ3n) is 5.14. The van der Waals surface area contributed by atoms with E-state index in [0.717, 1.165) is 43.3 Å². The van der Waals surface area contributed by atoms with Crippen molar-refractivity contribution in [1.82, 2.24) is 0 Å². The minimum absolute atomic E-state index is 0.597.